The predicted octanol–water partition coefficient (Wildman–Crippen LogP) is 2.51. The van der Waals surface area contributed by atoms with E-state index in [-0.39, 0.29) is 12.5 Å². The SMILES string of the molecule is NC[C@@H](CO)c1ccc(Oc2ccccc2)cc1. The van der Waals surface area contributed by atoms with E-state index >= 15 is 0 Å². The van der Waals surface area contributed by atoms with Crippen molar-refractivity contribution in [2.75, 3.05) is 13.2 Å². The summed E-state index contributed by atoms with van der Waals surface area (Å²) in [6.45, 7) is 0.505. The highest BCUT2D eigenvalue weighted by molar-refractivity contribution is 5.34. The van der Waals surface area contributed by atoms with Gasteiger partial charge in [-0.2, -0.15) is 0 Å². The van der Waals surface area contributed by atoms with E-state index in [0.717, 1.165) is 17.1 Å². The third kappa shape index (κ3) is 3.09. The van der Waals surface area contributed by atoms with Gasteiger partial charge in [0.05, 0.1) is 6.61 Å². The van der Waals surface area contributed by atoms with Crippen LogP contribution in [0.3, 0.4) is 0 Å². The fraction of sp³-hybridized carbons (Fsp3) is 0.200. The molecule has 0 aliphatic heterocycles. The van der Waals surface area contributed by atoms with E-state index in [1.165, 1.54) is 0 Å². The molecule has 0 aliphatic rings. The van der Waals surface area contributed by atoms with Crippen molar-refractivity contribution in [1.82, 2.24) is 0 Å². The van der Waals surface area contributed by atoms with E-state index in [9.17, 15) is 5.11 Å². The molecule has 0 bridgehead atoms. The zero-order chi connectivity index (χ0) is 12.8. The van der Waals surface area contributed by atoms with Crippen molar-refractivity contribution < 1.29 is 9.84 Å². The van der Waals surface area contributed by atoms with Crippen molar-refractivity contribution in [2.24, 2.45) is 5.73 Å². The molecule has 0 heterocycles. The molecule has 2 aromatic carbocycles. The summed E-state index contributed by atoms with van der Waals surface area (Å²) in [5.41, 5.74) is 6.61. The molecule has 0 amide bonds. The number of ether oxygens (including phenoxy) is 1. The second-order valence-electron chi connectivity index (χ2n) is 4.10. The maximum Gasteiger partial charge on any atom is 0.127 e. The summed E-state index contributed by atoms with van der Waals surface area (Å²) in [5, 5.41) is 9.17. The summed E-state index contributed by atoms with van der Waals surface area (Å²) in [6.07, 6.45) is 0. The Hall–Kier alpha value is -1.84. The molecule has 18 heavy (non-hydrogen) atoms. The van der Waals surface area contributed by atoms with Crippen molar-refractivity contribution in [3.05, 3.63) is 60.2 Å². The van der Waals surface area contributed by atoms with Gasteiger partial charge in [-0.05, 0) is 29.8 Å². The van der Waals surface area contributed by atoms with E-state index < -0.39 is 0 Å². The van der Waals surface area contributed by atoms with Crippen LogP contribution in [0.25, 0.3) is 0 Å². The second-order valence-corrected chi connectivity index (χ2v) is 4.10. The molecule has 0 radical (unpaired) electrons. The van der Waals surface area contributed by atoms with Gasteiger partial charge in [0, 0.05) is 12.5 Å². The van der Waals surface area contributed by atoms with E-state index in [1.54, 1.807) is 0 Å². The van der Waals surface area contributed by atoms with Crippen LogP contribution in [0.1, 0.15) is 11.5 Å². The second kappa shape index (κ2) is 6.19. The maximum absolute atomic E-state index is 9.17. The van der Waals surface area contributed by atoms with Crippen molar-refractivity contribution in [1.29, 1.82) is 0 Å². The number of hydrogen-bond donors (Lipinski definition) is 2. The Kier molecular flexibility index (Phi) is 4.34. The monoisotopic (exact) mass is 243 g/mol. The minimum atomic E-state index is -0.00391. The molecule has 3 N–H and O–H groups in total. The van der Waals surface area contributed by atoms with Crippen LogP contribution in [0, 0.1) is 0 Å². The van der Waals surface area contributed by atoms with Crippen LogP contribution in [0.15, 0.2) is 54.6 Å². The molecular formula is C15H17NO2. The van der Waals surface area contributed by atoms with Gasteiger partial charge >= 0.3 is 0 Å². The molecule has 2 rings (SSSR count). The van der Waals surface area contributed by atoms with Crippen molar-refractivity contribution in [2.45, 2.75) is 5.92 Å². The lowest BCUT2D eigenvalue weighted by molar-refractivity contribution is 0.268. The number of para-hydroxylation sites is 1. The first-order valence-corrected chi connectivity index (χ1v) is 5.97. The van der Waals surface area contributed by atoms with Gasteiger partial charge < -0.3 is 15.6 Å². The van der Waals surface area contributed by atoms with Gasteiger partial charge in [-0.1, -0.05) is 30.3 Å². The van der Waals surface area contributed by atoms with E-state index in [4.69, 9.17) is 10.5 Å². The lowest BCUT2D eigenvalue weighted by Gasteiger charge is -2.12. The lowest BCUT2D eigenvalue weighted by atomic mass is 10.0. The summed E-state index contributed by atoms with van der Waals surface area (Å²) in [6, 6.07) is 17.3. The van der Waals surface area contributed by atoms with Gasteiger partial charge in [-0.15, -0.1) is 0 Å². The molecule has 0 saturated carbocycles. The van der Waals surface area contributed by atoms with Crippen LogP contribution < -0.4 is 10.5 Å². The number of nitrogens with two attached hydrogens (primary N) is 1. The lowest BCUT2D eigenvalue weighted by Crippen LogP contribution is -2.15. The smallest absolute Gasteiger partial charge is 0.127 e. The fourth-order valence-electron chi connectivity index (χ4n) is 1.75. The number of rotatable bonds is 5. The third-order valence-corrected chi connectivity index (χ3v) is 2.84. The van der Waals surface area contributed by atoms with Gasteiger partial charge in [0.1, 0.15) is 11.5 Å². The zero-order valence-corrected chi connectivity index (χ0v) is 10.1. The average molecular weight is 243 g/mol. The molecule has 3 nitrogen and oxygen atoms in total. The minimum absolute atomic E-state index is 0.00391. The third-order valence-electron chi connectivity index (χ3n) is 2.84. The van der Waals surface area contributed by atoms with Crippen LogP contribution in [-0.2, 0) is 0 Å². The number of benzene rings is 2. The zero-order valence-electron chi connectivity index (χ0n) is 10.1. The molecule has 0 saturated heterocycles. The summed E-state index contributed by atoms with van der Waals surface area (Å²) in [7, 11) is 0. The Morgan fingerprint density at radius 1 is 0.944 bits per heavy atom. The van der Waals surface area contributed by atoms with Crippen molar-refractivity contribution in [3.63, 3.8) is 0 Å². The quantitative estimate of drug-likeness (QED) is 0.848. The minimum Gasteiger partial charge on any atom is -0.457 e. The Balaban J connectivity index is 2.08. The van der Waals surface area contributed by atoms with Gasteiger partial charge in [-0.25, -0.2) is 0 Å². The van der Waals surface area contributed by atoms with Crippen LogP contribution in [0.4, 0.5) is 0 Å². The molecule has 0 fully saturated rings. The average Bonchev–Trinajstić information content (AvgIpc) is 2.43. The molecule has 3 heteroatoms. The molecule has 2 aromatic rings. The van der Waals surface area contributed by atoms with Crippen LogP contribution in [0.5, 0.6) is 11.5 Å². The molecule has 0 aliphatic carbocycles. The molecule has 0 spiro atoms. The topological polar surface area (TPSA) is 55.5 Å². The Labute approximate surface area is 107 Å². The molecule has 0 aromatic heterocycles. The van der Waals surface area contributed by atoms with E-state index in [1.807, 2.05) is 54.6 Å². The van der Waals surface area contributed by atoms with Gasteiger partial charge in [-0.3, -0.25) is 0 Å². The Bertz CT molecular complexity index is 464. The molecule has 0 unspecified atom stereocenters. The highest BCUT2D eigenvalue weighted by Gasteiger charge is 2.08. The standard InChI is InChI=1S/C15H17NO2/c16-10-13(11-17)12-6-8-15(9-7-12)18-14-4-2-1-3-5-14/h1-9,13,17H,10-11,16H2/t13-/m0/s1. The van der Waals surface area contributed by atoms with Gasteiger partial charge in [0.25, 0.3) is 0 Å². The highest BCUT2D eigenvalue weighted by atomic mass is 16.5. The maximum atomic E-state index is 9.17. The first-order valence-electron chi connectivity index (χ1n) is 5.97. The summed E-state index contributed by atoms with van der Waals surface area (Å²) >= 11 is 0. The van der Waals surface area contributed by atoms with Crippen molar-refractivity contribution in [3.8, 4) is 11.5 Å². The summed E-state index contributed by atoms with van der Waals surface area (Å²) in [5.74, 6) is 1.58. The first-order chi connectivity index (χ1) is 8.83. The summed E-state index contributed by atoms with van der Waals surface area (Å²) in [4.78, 5) is 0. The number of aliphatic hydroxyl groups is 1. The molecule has 1 atom stereocenters. The normalized spacial score (nSPS) is 12.1. The Morgan fingerprint density at radius 2 is 1.56 bits per heavy atom. The molecule has 94 valence electrons. The molecular weight excluding hydrogens is 226 g/mol. The van der Waals surface area contributed by atoms with E-state index in [2.05, 4.69) is 0 Å². The van der Waals surface area contributed by atoms with Gasteiger partial charge in [0.2, 0.25) is 0 Å². The Morgan fingerprint density at radius 3 is 2.11 bits per heavy atom. The largest absolute Gasteiger partial charge is 0.457 e. The van der Waals surface area contributed by atoms with Crippen molar-refractivity contribution >= 4 is 0 Å². The predicted molar refractivity (Wildman–Crippen MR) is 71.8 cm³/mol. The van der Waals surface area contributed by atoms with Gasteiger partial charge in [0.15, 0.2) is 0 Å². The first kappa shape index (κ1) is 12.6. The fourth-order valence-corrected chi connectivity index (χ4v) is 1.75. The van der Waals surface area contributed by atoms with Crippen LogP contribution in [0.2, 0.25) is 0 Å². The number of hydrogen-bond acceptors (Lipinski definition) is 3. The number of aliphatic hydroxyl groups excluding tert-OH is 1. The van der Waals surface area contributed by atoms with Crippen LogP contribution >= 0.6 is 0 Å². The summed E-state index contributed by atoms with van der Waals surface area (Å²) < 4.78 is 5.69. The highest BCUT2D eigenvalue weighted by Crippen LogP contribution is 2.23. The van der Waals surface area contributed by atoms with Crippen LogP contribution in [-0.4, -0.2) is 18.3 Å². The van der Waals surface area contributed by atoms with E-state index in [0.29, 0.717) is 6.54 Å².